The fourth-order valence-electron chi connectivity index (χ4n) is 1.93. The molecule has 0 radical (unpaired) electrons. The van der Waals surface area contributed by atoms with E-state index < -0.39 is 9.05 Å². The molecule has 2 aromatic rings. The summed E-state index contributed by atoms with van der Waals surface area (Å²) < 4.78 is 28.6. The highest BCUT2D eigenvalue weighted by Gasteiger charge is 2.16. The van der Waals surface area contributed by atoms with E-state index in [1.54, 1.807) is 13.0 Å². The summed E-state index contributed by atoms with van der Waals surface area (Å²) in [6, 6.07) is 12.9. The molecule has 0 saturated carbocycles. The number of halogens is 1. The number of hydrogen-bond acceptors (Lipinski definition) is 3. The SMILES string of the molecule is Cc1c(OCc2ccccc2)ccc(S(=O)(=O)Cl)c1C. The van der Waals surface area contributed by atoms with Crippen LogP contribution in [0.4, 0.5) is 0 Å². The quantitative estimate of drug-likeness (QED) is 0.807. The Bertz CT molecular complexity index is 709. The first-order chi connectivity index (χ1) is 9.39. The van der Waals surface area contributed by atoms with Crippen molar-refractivity contribution in [2.45, 2.75) is 25.3 Å². The van der Waals surface area contributed by atoms with Crippen molar-refractivity contribution in [2.75, 3.05) is 0 Å². The van der Waals surface area contributed by atoms with E-state index in [4.69, 9.17) is 15.4 Å². The average Bonchev–Trinajstić information content (AvgIpc) is 2.40. The molecular weight excluding hydrogens is 296 g/mol. The zero-order valence-corrected chi connectivity index (χ0v) is 12.8. The molecular formula is C15H15ClO3S. The van der Waals surface area contributed by atoms with Gasteiger partial charge in [0.2, 0.25) is 0 Å². The van der Waals surface area contributed by atoms with Gasteiger partial charge in [0.05, 0.1) is 4.90 Å². The van der Waals surface area contributed by atoms with Crippen molar-refractivity contribution in [3.05, 3.63) is 59.2 Å². The molecule has 0 aliphatic carbocycles. The number of rotatable bonds is 4. The molecule has 0 aliphatic heterocycles. The van der Waals surface area contributed by atoms with Gasteiger partial charge in [0.1, 0.15) is 12.4 Å². The van der Waals surface area contributed by atoms with Gasteiger partial charge in [-0.1, -0.05) is 30.3 Å². The van der Waals surface area contributed by atoms with Gasteiger partial charge in [-0.05, 0) is 42.7 Å². The fourth-order valence-corrected chi connectivity index (χ4v) is 3.18. The van der Waals surface area contributed by atoms with Crippen molar-refractivity contribution < 1.29 is 13.2 Å². The molecule has 0 aromatic heterocycles. The minimum atomic E-state index is -3.72. The molecule has 0 atom stereocenters. The Morgan fingerprint density at radius 2 is 1.65 bits per heavy atom. The van der Waals surface area contributed by atoms with E-state index in [0.717, 1.165) is 11.1 Å². The second kappa shape index (κ2) is 5.85. The standard InChI is InChI=1S/C15H15ClO3S/c1-11-12(2)15(20(16,17)18)9-8-14(11)19-10-13-6-4-3-5-7-13/h3-9H,10H2,1-2H3. The molecule has 0 aliphatic rings. The topological polar surface area (TPSA) is 43.4 Å². The molecule has 2 rings (SSSR count). The predicted octanol–water partition coefficient (Wildman–Crippen LogP) is 3.81. The Balaban J connectivity index is 2.25. The lowest BCUT2D eigenvalue weighted by atomic mass is 10.1. The molecule has 5 heteroatoms. The van der Waals surface area contributed by atoms with Gasteiger partial charge in [-0.3, -0.25) is 0 Å². The van der Waals surface area contributed by atoms with Crippen LogP contribution in [-0.4, -0.2) is 8.42 Å². The third-order valence-corrected chi connectivity index (χ3v) is 4.65. The Labute approximate surface area is 123 Å². The number of hydrogen-bond donors (Lipinski definition) is 0. The molecule has 3 nitrogen and oxygen atoms in total. The summed E-state index contributed by atoms with van der Waals surface area (Å²) in [5.74, 6) is 0.662. The van der Waals surface area contributed by atoms with E-state index in [1.165, 1.54) is 6.07 Å². The highest BCUT2D eigenvalue weighted by atomic mass is 35.7. The normalized spacial score (nSPS) is 11.3. The van der Waals surface area contributed by atoms with Crippen LogP contribution in [0.1, 0.15) is 16.7 Å². The van der Waals surface area contributed by atoms with E-state index >= 15 is 0 Å². The molecule has 0 spiro atoms. The first-order valence-electron chi connectivity index (χ1n) is 6.11. The van der Waals surface area contributed by atoms with Gasteiger partial charge in [-0.15, -0.1) is 0 Å². The van der Waals surface area contributed by atoms with Crippen molar-refractivity contribution in [3.8, 4) is 5.75 Å². The van der Waals surface area contributed by atoms with Crippen LogP contribution in [0.15, 0.2) is 47.4 Å². The largest absolute Gasteiger partial charge is 0.489 e. The van der Waals surface area contributed by atoms with Crippen LogP contribution in [-0.2, 0) is 15.7 Å². The van der Waals surface area contributed by atoms with Crippen LogP contribution in [0.5, 0.6) is 5.75 Å². The molecule has 2 aromatic carbocycles. The predicted molar refractivity (Wildman–Crippen MR) is 79.7 cm³/mol. The van der Waals surface area contributed by atoms with Crippen LogP contribution < -0.4 is 4.74 Å². The van der Waals surface area contributed by atoms with Crippen molar-refractivity contribution in [2.24, 2.45) is 0 Å². The lowest BCUT2D eigenvalue weighted by molar-refractivity contribution is 0.303. The van der Waals surface area contributed by atoms with Gasteiger partial charge in [0.25, 0.3) is 9.05 Å². The van der Waals surface area contributed by atoms with Gasteiger partial charge >= 0.3 is 0 Å². The molecule has 0 bridgehead atoms. The van der Waals surface area contributed by atoms with Crippen LogP contribution >= 0.6 is 10.7 Å². The number of ether oxygens (including phenoxy) is 1. The summed E-state index contributed by atoms with van der Waals surface area (Å²) in [5, 5.41) is 0. The first kappa shape index (κ1) is 14.9. The molecule has 0 N–H and O–H groups in total. The monoisotopic (exact) mass is 310 g/mol. The second-order valence-electron chi connectivity index (χ2n) is 4.52. The van der Waals surface area contributed by atoms with Crippen LogP contribution in [0.2, 0.25) is 0 Å². The highest BCUT2D eigenvalue weighted by molar-refractivity contribution is 8.13. The third-order valence-electron chi connectivity index (χ3n) is 3.19. The van der Waals surface area contributed by atoms with Gasteiger partial charge in [-0.2, -0.15) is 0 Å². The van der Waals surface area contributed by atoms with Crippen LogP contribution in [0.25, 0.3) is 0 Å². The van der Waals surface area contributed by atoms with E-state index in [9.17, 15) is 8.42 Å². The number of benzene rings is 2. The van der Waals surface area contributed by atoms with Crippen molar-refractivity contribution in [3.63, 3.8) is 0 Å². The van der Waals surface area contributed by atoms with Gasteiger partial charge in [0, 0.05) is 10.7 Å². The third kappa shape index (κ3) is 3.32. The van der Waals surface area contributed by atoms with Gasteiger partial charge in [-0.25, -0.2) is 8.42 Å². The molecule has 0 heterocycles. The molecule has 0 amide bonds. The average molecular weight is 311 g/mol. The Morgan fingerprint density at radius 3 is 2.25 bits per heavy atom. The summed E-state index contributed by atoms with van der Waals surface area (Å²) in [4.78, 5) is 0.128. The molecule has 0 fully saturated rings. The minimum Gasteiger partial charge on any atom is -0.489 e. The second-order valence-corrected chi connectivity index (χ2v) is 7.06. The van der Waals surface area contributed by atoms with E-state index in [1.807, 2.05) is 37.3 Å². The van der Waals surface area contributed by atoms with E-state index in [0.29, 0.717) is 17.9 Å². The zero-order chi connectivity index (χ0) is 14.8. The molecule has 0 saturated heterocycles. The molecule has 0 unspecified atom stereocenters. The smallest absolute Gasteiger partial charge is 0.261 e. The van der Waals surface area contributed by atoms with Crippen LogP contribution in [0.3, 0.4) is 0 Å². The summed E-state index contributed by atoms with van der Waals surface area (Å²) in [5.41, 5.74) is 2.45. The summed E-state index contributed by atoms with van der Waals surface area (Å²) in [7, 11) is 1.67. The lowest BCUT2D eigenvalue weighted by Gasteiger charge is -2.13. The summed E-state index contributed by atoms with van der Waals surface area (Å²) in [6.45, 7) is 3.98. The molecule has 106 valence electrons. The lowest BCUT2D eigenvalue weighted by Crippen LogP contribution is -2.01. The maximum absolute atomic E-state index is 11.4. The fraction of sp³-hybridized carbons (Fsp3) is 0.200. The maximum atomic E-state index is 11.4. The minimum absolute atomic E-state index is 0.128. The molecule has 20 heavy (non-hydrogen) atoms. The Kier molecular flexibility index (Phi) is 4.35. The maximum Gasteiger partial charge on any atom is 0.261 e. The van der Waals surface area contributed by atoms with E-state index in [2.05, 4.69) is 0 Å². The first-order valence-corrected chi connectivity index (χ1v) is 8.42. The van der Waals surface area contributed by atoms with Gasteiger partial charge < -0.3 is 4.74 Å². The highest BCUT2D eigenvalue weighted by Crippen LogP contribution is 2.29. The zero-order valence-electron chi connectivity index (χ0n) is 11.3. The van der Waals surface area contributed by atoms with Crippen molar-refractivity contribution in [1.82, 2.24) is 0 Å². The van der Waals surface area contributed by atoms with Crippen molar-refractivity contribution >= 4 is 19.7 Å². The summed E-state index contributed by atoms with van der Waals surface area (Å²) in [6.07, 6.45) is 0. The van der Waals surface area contributed by atoms with Crippen molar-refractivity contribution in [1.29, 1.82) is 0 Å². The van der Waals surface area contributed by atoms with Gasteiger partial charge in [0.15, 0.2) is 0 Å². The van der Waals surface area contributed by atoms with E-state index in [-0.39, 0.29) is 4.90 Å². The summed E-state index contributed by atoms with van der Waals surface area (Å²) >= 11 is 0. The Hall–Kier alpha value is -1.52. The van der Waals surface area contributed by atoms with Crippen LogP contribution in [0, 0.1) is 13.8 Å². The Morgan fingerprint density at radius 1 is 1.00 bits per heavy atom.